The topological polar surface area (TPSA) is 99.6 Å². The van der Waals surface area contributed by atoms with Gasteiger partial charge in [-0.25, -0.2) is 4.79 Å². The summed E-state index contributed by atoms with van der Waals surface area (Å²) >= 11 is 0. The van der Waals surface area contributed by atoms with Crippen LogP contribution in [-0.4, -0.2) is 46.5 Å². The maximum absolute atomic E-state index is 12.3. The number of urea groups is 1. The Hall–Kier alpha value is -3.46. The SMILES string of the molecule is COc1cc(C)c(C[NH+](C)CC(=O)NC(=O)Nc2ccc3c(c2)OCO3)cc1OC. The van der Waals surface area contributed by atoms with Crippen LogP contribution in [0.25, 0.3) is 0 Å². The number of fused-ring (bicyclic) bond motifs is 1. The van der Waals surface area contributed by atoms with E-state index in [-0.39, 0.29) is 19.2 Å². The van der Waals surface area contributed by atoms with Gasteiger partial charge in [0.2, 0.25) is 6.79 Å². The Labute approximate surface area is 174 Å². The molecule has 3 rings (SSSR count). The normalized spacial score (nSPS) is 12.8. The molecule has 0 spiro atoms. The van der Waals surface area contributed by atoms with Crippen molar-refractivity contribution < 1.29 is 33.4 Å². The second-order valence-electron chi connectivity index (χ2n) is 7.01. The summed E-state index contributed by atoms with van der Waals surface area (Å²) in [6, 6.07) is 8.22. The first kappa shape index (κ1) is 21.3. The molecule has 0 bridgehead atoms. The molecular weight excluding hydrogens is 390 g/mol. The zero-order valence-corrected chi connectivity index (χ0v) is 17.5. The van der Waals surface area contributed by atoms with E-state index in [4.69, 9.17) is 18.9 Å². The van der Waals surface area contributed by atoms with E-state index >= 15 is 0 Å². The number of benzene rings is 2. The van der Waals surface area contributed by atoms with Gasteiger partial charge in [-0.1, -0.05) is 0 Å². The Morgan fingerprint density at radius 2 is 1.77 bits per heavy atom. The second kappa shape index (κ2) is 9.36. The lowest BCUT2D eigenvalue weighted by atomic mass is 10.1. The number of hydrogen-bond donors (Lipinski definition) is 3. The van der Waals surface area contributed by atoms with E-state index in [1.165, 1.54) is 0 Å². The van der Waals surface area contributed by atoms with Gasteiger partial charge in [-0.05, 0) is 36.8 Å². The third-order valence-electron chi connectivity index (χ3n) is 4.68. The lowest BCUT2D eigenvalue weighted by molar-refractivity contribution is -0.885. The molecule has 2 aromatic carbocycles. The molecule has 9 heteroatoms. The first-order valence-electron chi connectivity index (χ1n) is 9.43. The van der Waals surface area contributed by atoms with Crippen LogP contribution < -0.4 is 34.5 Å². The molecule has 1 aliphatic heterocycles. The van der Waals surface area contributed by atoms with Gasteiger partial charge in [0, 0.05) is 17.3 Å². The minimum Gasteiger partial charge on any atom is -0.493 e. The number of rotatable bonds is 7. The van der Waals surface area contributed by atoms with E-state index in [9.17, 15) is 9.59 Å². The number of amides is 3. The van der Waals surface area contributed by atoms with Crippen LogP contribution in [0.2, 0.25) is 0 Å². The first-order valence-corrected chi connectivity index (χ1v) is 9.43. The summed E-state index contributed by atoms with van der Waals surface area (Å²) in [5.74, 6) is 2.08. The summed E-state index contributed by atoms with van der Waals surface area (Å²) < 4.78 is 21.2. The number of carbonyl (C=O) groups is 2. The van der Waals surface area contributed by atoms with Crippen molar-refractivity contribution in [3.05, 3.63) is 41.5 Å². The lowest BCUT2D eigenvalue weighted by Gasteiger charge is -2.17. The summed E-state index contributed by atoms with van der Waals surface area (Å²) in [6.07, 6.45) is 0. The fraction of sp³-hybridized carbons (Fsp3) is 0.333. The highest BCUT2D eigenvalue weighted by molar-refractivity contribution is 6.01. The molecule has 0 saturated carbocycles. The number of aryl methyl sites for hydroxylation is 1. The molecule has 0 saturated heterocycles. The molecule has 0 aromatic heterocycles. The largest absolute Gasteiger partial charge is 0.493 e. The first-order chi connectivity index (χ1) is 14.4. The van der Waals surface area contributed by atoms with Crippen molar-refractivity contribution in [2.75, 3.05) is 39.9 Å². The van der Waals surface area contributed by atoms with Gasteiger partial charge in [0.15, 0.2) is 29.5 Å². The third-order valence-corrected chi connectivity index (χ3v) is 4.68. The van der Waals surface area contributed by atoms with Gasteiger partial charge >= 0.3 is 6.03 Å². The Morgan fingerprint density at radius 1 is 1.07 bits per heavy atom. The van der Waals surface area contributed by atoms with E-state index in [1.807, 2.05) is 26.1 Å². The molecule has 30 heavy (non-hydrogen) atoms. The number of quaternary nitrogens is 1. The number of hydrogen-bond acceptors (Lipinski definition) is 6. The number of carbonyl (C=O) groups excluding carboxylic acids is 2. The number of ether oxygens (including phenoxy) is 4. The van der Waals surface area contributed by atoms with Crippen molar-refractivity contribution in [2.24, 2.45) is 0 Å². The van der Waals surface area contributed by atoms with E-state index in [0.717, 1.165) is 16.0 Å². The van der Waals surface area contributed by atoms with Gasteiger partial charge in [-0.3, -0.25) is 10.1 Å². The van der Waals surface area contributed by atoms with Gasteiger partial charge in [0.25, 0.3) is 5.91 Å². The smallest absolute Gasteiger partial charge is 0.326 e. The van der Waals surface area contributed by atoms with Crippen LogP contribution in [0.5, 0.6) is 23.0 Å². The average molecular weight is 416 g/mol. The molecule has 2 aromatic rings. The van der Waals surface area contributed by atoms with Crippen molar-refractivity contribution in [2.45, 2.75) is 13.5 Å². The molecule has 1 heterocycles. The number of methoxy groups -OCH3 is 2. The van der Waals surface area contributed by atoms with Crippen LogP contribution >= 0.6 is 0 Å². The van der Waals surface area contributed by atoms with Gasteiger partial charge in [0.05, 0.1) is 21.3 Å². The Morgan fingerprint density at radius 3 is 2.50 bits per heavy atom. The minimum atomic E-state index is -0.603. The number of nitrogens with one attached hydrogen (secondary N) is 3. The minimum absolute atomic E-state index is 0.127. The van der Waals surface area contributed by atoms with Crippen LogP contribution in [-0.2, 0) is 11.3 Å². The Balaban J connectivity index is 1.52. The van der Waals surface area contributed by atoms with Crippen molar-refractivity contribution in [3.8, 4) is 23.0 Å². The zero-order valence-electron chi connectivity index (χ0n) is 17.5. The monoisotopic (exact) mass is 416 g/mol. The van der Waals surface area contributed by atoms with Crippen molar-refractivity contribution in [3.63, 3.8) is 0 Å². The number of imide groups is 1. The van der Waals surface area contributed by atoms with Gasteiger partial charge < -0.3 is 29.2 Å². The van der Waals surface area contributed by atoms with Crippen LogP contribution in [0, 0.1) is 6.92 Å². The molecule has 160 valence electrons. The van der Waals surface area contributed by atoms with Crippen LogP contribution in [0.3, 0.4) is 0 Å². The van der Waals surface area contributed by atoms with Gasteiger partial charge in [-0.2, -0.15) is 0 Å². The molecule has 9 nitrogen and oxygen atoms in total. The second-order valence-corrected chi connectivity index (χ2v) is 7.01. The van der Waals surface area contributed by atoms with E-state index in [2.05, 4.69) is 10.6 Å². The summed E-state index contributed by atoms with van der Waals surface area (Å²) in [6.45, 7) is 2.84. The highest BCUT2D eigenvalue weighted by Crippen LogP contribution is 2.34. The van der Waals surface area contributed by atoms with E-state index < -0.39 is 6.03 Å². The predicted molar refractivity (Wildman–Crippen MR) is 109 cm³/mol. The van der Waals surface area contributed by atoms with Crippen LogP contribution in [0.4, 0.5) is 10.5 Å². The molecule has 1 aliphatic rings. The standard InChI is InChI=1S/C21H25N3O6/c1-13-7-17(27-3)18(28-4)8-14(13)10-24(2)11-20(25)23-21(26)22-15-5-6-16-19(9-15)30-12-29-16/h5-9H,10-12H2,1-4H3,(H2,22,23,25,26)/p+1. The predicted octanol–water partition coefficient (Wildman–Crippen LogP) is 1.10. The Kier molecular flexibility index (Phi) is 6.63. The molecule has 3 N–H and O–H groups in total. The number of likely N-dealkylation sites (N-methyl/N-ethyl adjacent to an activating group) is 1. The average Bonchev–Trinajstić information content (AvgIpc) is 3.16. The number of anilines is 1. The zero-order chi connectivity index (χ0) is 21.7. The van der Waals surface area contributed by atoms with Crippen LogP contribution in [0.15, 0.2) is 30.3 Å². The fourth-order valence-electron chi connectivity index (χ4n) is 3.18. The Bertz CT molecular complexity index is 947. The molecular formula is C21H26N3O6+. The highest BCUT2D eigenvalue weighted by Gasteiger charge is 2.18. The molecule has 0 fully saturated rings. The fourth-order valence-corrected chi connectivity index (χ4v) is 3.18. The lowest BCUT2D eigenvalue weighted by Crippen LogP contribution is -3.09. The summed E-state index contributed by atoms with van der Waals surface area (Å²) in [5, 5.41) is 4.96. The van der Waals surface area contributed by atoms with Crippen molar-refractivity contribution in [1.82, 2.24) is 5.32 Å². The van der Waals surface area contributed by atoms with E-state index in [0.29, 0.717) is 35.2 Å². The molecule has 1 atom stereocenters. The van der Waals surface area contributed by atoms with Gasteiger partial charge in [0.1, 0.15) is 6.54 Å². The summed E-state index contributed by atoms with van der Waals surface area (Å²) in [5.41, 5.74) is 2.57. The maximum atomic E-state index is 12.3. The highest BCUT2D eigenvalue weighted by atomic mass is 16.7. The van der Waals surface area contributed by atoms with E-state index in [1.54, 1.807) is 32.4 Å². The molecule has 1 unspecified atom stereocenters. The van der Waals surface area contributed by atoms with Crippen LogP contribution in [0.1, 0.15) is 11.1 Å². The van der Waals surface area contributed by atoms with Crippen molar-refractivity contribution >= 4 is 17.6 Å². The quantitative estimate of drug-likeness (QED) is 0.625. The maximum Gasteiger partial charge on any atom is 0.326 e. The molecule has 0 aliphatic carbocycles. The summed E-state index contributed by atoms with van der Waals surface area (Å²) in [4.78, 5) is 25.3. The molecule has 3 amide bonds. The van der Waals surface area contributed by atoms with Gasteiger partial charge in [-0.15, -0.1) is 0 Å². The molecule has 0 radical (unpaired) electrons. The van der Waals surface area contributed by atoms with Crippen molar-refractivity contribution in [1.29, 1.82) is 0 Å². The third kappa shape index (κ3) is 5.12. The summed E-state index contributed by atoms with van der Waals surface area (Å²) in [7, 11) is 5.05.